The van der Waals surface area contributed by atoms with Crippen LogP contribution in [0.15, 0.2) is 12.1 Å². The molecule has 5 nitrogen and oxygen atoms in total. The van der Waals surface area contributed by atoms with Crippen molar-refractivity contribution in [3.8, 4) is 0 Å². The Kier molecular flexibility index (Phi) is 6.15. The molecule has 0 aliphatic carbocycles. The van der Waals surface area contributed by atoms with Gasteiger partial charge in [-0.2, -0.15) is 0 Å². The first kappa shape index (κ1) is 17.4. The van der Waals surface area contributed by atoms with E-state index < -0.39 is 0 Å². The van der Waals surface area contributed by atoms with Crippen LogP contribution in [0.25, 0.3) is 0 Å². The van der Waals surface area contributed by atoms with Crippen LogP contribution in [0.2, 0.25) is 0 Å². The van der Waals surface area contributed by atoms with Gasteiger partial charge in [0.2, 0.25) is 0 Å². The quantitative estimate of drug-likeness (QED) is 0.907. The summed E-state index contributed by atoms with van der Waals surface area (Å²) in [5.74, 6) is 0.712. The van der Waals surface area contributed by atoms with Gasteiger partial charge in [-0.1, -0.05) is 13.8 Å². The minimum Gasteiger partial charge on any atom is -0.330 e. The fourth-order valence-electron chi connectivity index (χ4n) is 2.36. The summed E-state index contributed by atoms with van der Waals surface area (Å²) in [7, 11) is 3.52. The monoisotopic (exact) mass is 292 g/mol. The van der Waals surface area contributed by atoms with Crippen LogP contribution >= 0.6 is 0 Å². The number of hydrogen-bond donors (Lipinski definition) is 1. The molecule has 0 aliphatic heterocycles. The van der Waals surface area contributed by atoms with Crippen molar-refractivity contribution in [1.29, 1.82) is 0 Å². The third-order valence-electron chi connectivity index (χ3n) is 3.05. The first-order valence-corrected chi connectivity index (χ1v) is 7.41. The van der Waals surface area contributed by atoms with Crippen molar-refractivity contribution in [1.82, 2.24) is 15.2 Å². The summed E-state index contributed by atoms with van der Waals surface area (Å²) in [4.78, 5) is 20.3. The van der Waals surface area contributed by atoms with Crippen LogP contribution in [0.3, 0.4) is 0 Å². The van der Waals surface area contributed by atoms with Crippen molar-refractivity contribution < 1.29 is 4.79 Å². The first-order valence-electron chi connectivity index (χ1n) is 7.41. The second-order valence-corrected chi connectivity index (χ2v) is 6.15. The molecule has 1 rings (SSSR count). The lowest BCUT2D eigenvalue weighted by Gasteiger charge is -2.29. The highest BCUT2D eigenvalue weighted by Gasteiger charge is 2.21. The fourth-order valence-corrected chi connectivity index (χ4v) is 2.36. The Morgan fingerprint density at radius 1 is 1.24 bits per heavy atom. The van der Waals surface area contributed by atoms with E-state index in [1.807, 2.05) is 26.0 Å². The highest BCUT2D eigenvalue weighted by molar-refractivity contribution is 5.90. The maximum Gasteiger partial charge on any atom is 0.325 e. The molecule has 0 saturated heterocycles. The smallest absolute Gasteiger partial charge is 0.325 e. The molecule has 2 amide bonds. The molecule has 0 aromatic carbocycles. The number of aromatic nitrogens is 1. The third kappa shape index (κ3) is 5.34. The van der Waals surface area contributed by atoms with E-state index in [9.17, 15) is 4.79 Å². The Morgan fingerprint density at radius 2 is 1.86 bits per heavy atom. The molecule has 1 N–H and O–H groups in total. The molecule has 1 aromatic heterocycles. The summed E-state index contributed by atoms with van der Waals surface area (Å²) in [6.45, 7) is 10.8. The van der Waals surface area contributed by atoms with E-state index in [4.69, 9.17) is 0 Å². The lowest BCUT2D eigenvalue weighted by atomic mass is 10.2. The average molecular weight is 292 g/mol. The van der Waals surface area contributed by atoms with Crippen molar-refractivity contribution in [2.45, 2.75) is 46.7 Å². The van der Waals surface area contributed by atoms with Crippen LogP contribution < -0.4 is 10.2 Å². The fraction of sp³-hybridized carbons (Fsp3) is 0.625. The highest BCUT2D eigenvalue weighted by atomic mass is 16.2. The van der Waals surface area contributed by atoms with E-state index in [1.54, 1.807) is 23.9 Å². The van der Waals surface area contributed by atoms with Crippen molar-refractivity contribution in [2.24, 2.45) is 0 Å². The Bertz CT molecular complexity index is 465. The van der Waals surface area contributed by atoms with Gasteiger partial charge in [0.25, 0.3) is 0 Å². The molecule has 1 unspecified atom stereocenters. The maximum absolute atomic E-state index is 12.5. The second-order valence-electron chi connectivity index (χ2n) is 6.15. The number of carbonyl (C=O) groups excluding carboxylic acids is 1. The third-order valence-corrected chi connectivity index (χ3v) is 3.05. The molecule has 0 bridgehead atoms. The van der Waals surface area contributed by atoms with Crippen LogP contribution in [0.5, 0.6) is 0 Å². The molecule has 0 aliphatic rings. The minimum absolute atomic E-state index is 0.0510. The van der Waals surface area contributed by atoms with E-state index >= 15 is 0 Å². The summed E-state index contributed by atoms with van der Waals surface area (Å²) in [6, 6.07) is 4.48. The number of amides is 2. The number of nitrogens with zero attached hydrogens (tertiary/aromatic N) is 3. The Labute approximate surface area is 128 Å². The first-order chi connectivity index (χ1) is 9.70. The van der Waals surface area contributed by atoms with Gasteiger partial charge in [0, 0.05) is 38.4 Å². The van der Waals surface area contributed by atoms with Gasteiger partial charge >= 0.3 is 6.03 Å². The summed E-state index contributed by atoms with van der Waals surface area (Å²) in [5.41, 5.74) is 2.03. The Hall–Kier alpha value is -1.62. The van der Waals surface area contributed by atoms with Crippen LogP contribution in [-0.4, -0.2) is 48.6 Å². The summed E-state index contributed by atoms with van der Waals surface area (Å²) < 4.78 is 0. The van der Waals surface area contributed by atoms with Gasteiger partial charge in [-0.3, -0.25) is 4.90 Å². The van der Waals surface area contributed by atoms with E-state index in [1.165, 1.54) is 0 Å². The number of carbonyl (C=O) groups is 1. The van der Waals surface area contributed by atoms with Crippen LogP contribution in [0.1, 0.15) is 32.0 Å². The van der Waals surface area contributed by atoms with Gasteiger partial charge in [-0.15, -0.1) is 0 Å². The normalized spacial score (nSPS) is 12.4. The van der Waals surface area contributed by atoms with Crippen LogP contribution in [0, 0.1) is 13.8 Å². The zero-order valence-electron chi connectivity index (χ0n) is 14.3. The van der Waals surface area contributed by atoms with Gasteiger partial charge in [0.05, 0.1) is 0 Å². The molecule has 1 atom stereocenters. The molecule has 0 radical (unpaired) electrons. The van der Waals surface area contributed by atoms with Gasteiger partial charge < -0.3 is 10.2 Å². The Morgan fingerprint density at radius 3 is 2.33 bits per heavy atom. The minimum atomic E-state index is -0.0510. The molecule has 118 valence electrons. The predicted molar refractivity (Wildman–Crippen MR) is 87.9 cm³/mol. The maximum atomic E-state index is 12.5. The van der Waals surface area contributed by atoms with Crippen molar-refractivity contribution in [2.75, 3.05) is 25.5 Å². The molecule has 5 heteroatoms. The van der Waals surface area contributed by atoms with E-state index in [0.717, 1.165) is 11.3 Å². The predicted octanol–water partition coefficient (Wildman–Crippen LogP) is 2.57. The zero-order valence-corrected chi connectivity index (χ0v) is 14.3. The zero-order chi connectivity index (χ0) is 16.2. The van der Waals surface area contributed by atoms with Gasteiger partial charge in [-0.25, -0.2) is 9.78 Å². The SMILES string of the molecule is Cc1cc(C)nc(N(CC(C)NC(C)C)C(=O)N(C)C)c1. The molecule has 0 fully saturated rings. The molecule has 21 heavy (non-hydrogen) atoms. The molecule has 1 heterocycles. The lowest BCUT2D eigenvalue weighted by Crippen LogP contribution is -2.48. The molecule has 0 saturated carbocycles. The van der Waals surface area contributed by atoms with Crippen molar-refractivity contribution in [3.05, 3.63) is 23.4 Å². The summed E-state index contributed by atoms with van der Waals surface area (Å²) in [5, 5.41) is 3.43. The molecule has 0 spiro atoms. The van der Waals surface area contributed by atoms with E-state index in [-0.39, 0.29) is 12.1 Å². The topological polar surface area (TPSA) is 48.5 Å². The van der Waals surface area contributed by atoms with Gasteiger partial charge in [-0.05, 0) is 38.5 Å². The van der Waals surface area contributed by atoms with Crippen molar-refractivity contribution >= 4 is 11.8 Å². The largest absolute Gasteiger partial charge is 0.330 e. The molecular formula is C16H28N4O. The van der Waals surface area contributed by atoms with E-state index in [2.05, 4.69) is 31.1 Å². The van der Waals surface area contributed by atoms with Crippen LogP contribution in [0.4, 0.5) is 10.6 Å². The number of anilines is 1. The van der Waals surface area contributed by atoms with Gasteiger partial charge in [0.1, 0.15) is 5.82 Å². The number of pyridine rings is 1. The number of hydrogen-bond acceptors (Lipinski definition) is 3. The molecule has 1 aromatic rings. The summed E-state index contributed by atoms with van der Waals surface area (Å²) >= 11 is 0. The average Bonchev–Trinajstić information content (AvgIpc) is 2.32. The van der Waals surface area contributed by atoms with Crippen molar-refractivity contribution in [3.63, 3.8) is 0 Å². The number of urea groups is 1. The second kappa shape index (κ2) is 7.41. The lowest BCUT2D eigenvalue weighted by molar-refractivity contribution is 0.222. The van der Waals surface area contributed by atoms with Gasteiger partial charge in [0.15, 0.2) is 0 Å². The molecular weight excluding hydrogens is 264 g/mol. The number of aryl methyl sites for hydroxylation is 2. The van der Waals surface area contributed by atoms with E-state index in [0.29, 0.717) is 18.4 Å². The highest BCUT2D eigenvalue weighted by Crippen LogP contribution is 2.16. The summed E-state index contributed by atoms with van der Waals surface area (Å²) in [6.07, 6.45) is 0. The standard InChI is InChI=1S/C16H28N4O/c1-11(2)17-14(5)10-20(16(21)19(6)7)15-9-12(3)8-13(4)18-15/h8-9,11,14,17H,10H2,1-7H3. The Balaban J connectivity index is 3.04. The number of rotatable bonds is 5. The number of nitrogens with one attached hydrogen (secondary N) is 1. The van der Waals surface area contributed by atoms with Crippen LogP contribution in [-0.2, 0) is 0 Å².